The summed E-state index contributed by atoms with van der Waals surface area (Å²) in [4.78, 5) is 15.7. The molecule has 0 aliphatic carbocycles. The Balaban J connectivity index is 3.20. The van der Waals surface area contributed by atoms with Gasteiger partial charge in [-0.1, -0.05) is 0 Å². The van der Waals surface area contributed by atoms with Gasteiger partial charge < -0.3 is 14.2 Å². The van der Waals surface area contributed by atoms with E-state index in [0.29, 0.717) is 17.8 Å². The van der Waals surface area contributed by atoms with Gasteiger partial charge in [0.25, 0.3) is 0 Å². The molecule has 1 aromatic heterocycles. The van der Waals surface area contributed by atoms with Crippen molar-refractivity contribution < 1.29 is 23.4 Å². The molecule has 1 aromatic rings. The van der Waals surface area contributed by atoms with Crippen LogP contribution < -0.4 is 5.43 Å². The number of nitrogens with zero attached hydrogens (tertiary/aromatic N) is 2. The number of hydrogen-bond donors (Lipinski definition) is 1. The quantitative estimate of drug-likeness (QED) is 0.316. The van der Waals surface area contributed by atoms with Gasteiger partial charge >= 0.3 is 6.09 Å². The van der Waals surface area contributed by atoms with E-state index >= 15 is 0 Å². The van der Waals surface area contributed by atoms with E-state index in [1.165, 1.54) is 6.07 Å². The van der Waals surface area contributed by atoms with Crippen LogP contribution in [0, 0.1) is 5.82 Å². The summed E-state index contributed by atoms with van der Waals surface area (Å²) >= 11 is 3.19. The summed E-state index contributed by atoms with van der Waals surface area (Å²) in [5.41, 5.74) is 1.71. The molecule has 1 N–H and O–H groups in total. The molecule has 0 saturated heterocycles. The molecule has 0 radical (unpaired) electrons. The van der Waals surface area contributed by atoms with Gasteiger partial charge in [0, 0.05) is 18.8 Å². The van der Waals surface area contributed by atoms with E-state index in [4.69, 9.17) is 14.2 Å². The molecule has 0 saturated carbocycles. The Labute approximate surface area is 155 Å². The Morgan fingerprint density at radius 3 is 2.48 bits per heavy atom. The molecule has 140 valence electrons. The summed E-state index contributed by atoms with van der Waals surface area (Å²) in [6.07, 6.45) is -0.698. The number of ether oxygens (including phenoxy) is 3. The number of carbonyl (C=O) groups is 1. The molecule has 0 fully saturated rings. The molecule has 1 rings (SSSR count). The first-order valence-corrected chi connectivity index (χ1v) is 8.58. The highest BCUT2D eigenvalue weighted by Crippen LogP contribution is 2.17. The molecule has 0 atom stereocenters. The third kappa shape index (κ3) is 7.45. The maximum atomic E-state index is 14.2. The number of carbonyl (C=O) groups excluding carboxylic acids is 1. The Kier molecular flexibility index (Phi) is 8.40. The molecule has 0 bridgehead atoms. The lowest BCUT2D eigenvalue weighted by Crippen LogP contribution is -2.34. The Morgan fingerprint density at radius 2 is 1.96 bits per heavy atom. The molecule has 1 heterocycles. The second kappa shape index (κ2) is 9.79. The average molecular weight is 420 g/mol. The van der Waals surface area contributed by atoms with Crippen molar-refractivity contribution in [3.63, 3.8) is 0 Å². The summed E-state index contributed by atoms with van der Waals surface area (Å²) in [5, 5.41) is 3.97. The minimum Gasteiger partial charge on any atom is -0.443 e. The fourth-order valence-electron chi connectivity index (χ4n) is 1.76. The van der Waals surface area contributed by atoms with Crippen LogP contribution in [-0.2, 0) is 14.2 Å². The minimum atomic E-state index is -0.964. The van der Waals surface area contributed by atoms with Gasteiger partial charge in [0.15, 0.2) is 5.82 Å². The van der Waals surface area contributed by atoms with Crippen molar-refractivity contribution >= 4 is 27.7 Å². The molecule has 1 amide bonds. The first-order chi connectivity index (χ1) is 11.7. The van der Waals surface area contributed by atoms with Gasteiger partial charge in [0.1, 0.15) is 15.9 Å². The molecule has 9 heteroatoms. The highest BCUT2D eigenvalue weighted by atomic mass is 79.9. The number of nitrogens with one attached hydrogen (secondary N) is 1. The largest absolute Gasteiger partial charge is 0.443 e. The molecule has 0 unspecified atom stereocenters. The molecular formula is C16H23BrFN3O4. The molecule has 7 nitrogen and oxygen atoms in total. The monoisotopic (exact) mass is 419 g/mol. The van der Waals surface area contributed by atoms with Gasteiger partial charge in [0.05, 0.1) is 6.20 Å². The Morgan fingerprint density at radius 1 is 1.36 bits per heavy atom. The van der Waals surface area contributed by atoms with E-state index in [1.807, 2.05) is 0 Å². The second-order valence-electron chi connectivity index (χ2n) is 5.84. The van der Waals surface area contributed by atoms with Gasteiger partial charge in [-0.25, -0.2) is 19.6 Å². The fourth-order valence-corrected chi connectivity index (χ4v) is 2.10. The number of aromatic nitrogens is 1. The predicted molar refractivity (Wildman–Crippen MR) is 94.8 cm³/mol. The van der Waals surface area contributed by atoms with Gasteiger partial charge in [-0.3, -0.25) is 0 Å². The third-order valence-electron chi connectivity index (χ3n) is 2.62. The minimum absolute atomic E-state index is 0.0650. The van der Waals surface area contributed by atoms with E-state index in [0.717, 1.165) is 6.20 Å². The van der Waals surface area contributed by atoms with E-state index in [2.05, 4.69) is 31.4 Å². The van der Waals surface area contributed by atoms with Gasteiger partial charge in [-0.15, -0.1) is 0 Å². The zero-order valence-corrected chi connectivity index (χ0v) is 16.5. The van der Waals surface area contributed by atoms with Gasteiger partial charge in [0.2, 0.25) is 6.29 Å². The lowest BCUT2D eigenvalue weighted by Gasteiger charge is -2.21. The van der Waals surface area contributed by atoms with Crippen LogP contribution in [0.25, 0.3) is 0 Å². The summed E-state index contributed by atoms with van der Waals surface area (Å²) in [6, 6.07) is 1.43. The van der Waals surface area contributed by atoms with Crippen molar-refractivity contribution in [2.24, 2.45) is 5.10 Å². The SMILES string of the molecule is CCOC(OCC)C(=NNC(=O)OC(C)(C)C)c1cc(Br)ncc1F. The van der Waals surface area contributed by atoms with E-state index in [9.17, 15) is 9.18 Å². The first kappa shape index (κ1) is 21.5. The molecule has 0 aliphatic heterocycles. The van der Waals surface area contributed by atoms with E-state index in [-0.39, 0.29) is 11.3 Å². The summed E-state index contributed by atoms with van der Waals surface area (Å²) in [5.74, 6) is -0.627. The van der Waals surface area contributed by atoms with Crippen molar-refractivity contribution in [3.8, 4) is 0 Å². The highest BCUT2D eigenvalue weighted by molar-refractivity contribution is 9.10. The van der Waals surface area contributed by atoms with Crippen molar-refractivity contribution in [3.05, 3.63) is 28.2 Å². The molecule has 0 aliphatic rings. The third-order valence-corrected chi connectivity index (χ3v) is 3.06. The van der Waals surface area contributed by atoms with Crippen LogP contribution in [0.15, 0.2) is 22.0 Å². The van der Waals surface area contributed by atoms with Crippen LogP contribution in [0.5, 0.6) is 0 Å². The first-order valence-electron chi connectivity index (χ1n) is 7.79. The number of rotatable bonds is 7. The highest BCUT2D eigenvalue weighted by Gasteiger charge is 2.24. The Hall–Kier alpha value is -1.58. The standard InChI is InChI=1S/C16H23BrFN3O4/c1-6-23-14(24-7-2)13(10-8-12(17)19-9-11(10)18)20-21-15(22)25-16(3,4)5/h8-9,14H,6-7H2,1-5H3,(H,21,22). The summed E-state index contributed by atoms with van der Waals surface area (Å²) in [7, 11) is 0. The Bertz CT molecular complexity index is 614. The number of hydrogen-bond acceptors (Lipinski definition) is 6. The van der Waals surface area contributed by atoms with Crippen molar-refractivity contribution in [1.82, 2.24) is 10.4 Å². The molecular weight excluding hydrogens is 397 g/mol. The van der Waals surface area contributed by atoms with Crippen LogP contribution in [0.1, 0.15) is 40.2 Å². The lowest BCUT2D eigenvalue weighted by molar-refractivity contribution is -0.0898. The zero-order chi connectivity index (χ0) is 19.0. The summed E-state index contributed by atoms with van der Waals surface area (Å²) in [6.45, 7) is 9.32. The van der Waals surface area contributed by atoms with Crippen LogP contribution in [-0.4, -0.2) is 41.9 Å². The topological polar surface area (TPSA) is 82.0 Å². The van der Waals surface area contributed by atoms with E-state index in [1.54, 1.807) is 34.6 Å². The van der Waals surface area contributed by atoms with Crippen molar-refractivity contribution in [2.75, 3.05) is 13.2 Å². The predicted octanol–water partition coefficient (Wildman–Crippen LogP) is 3.61. The van der Waals surface area contributed by atoms with Crippen LogP contribution in [0.4, 0.5) is 9.18 Å². The molecule has 0 aromatic carbocycles. The fraction of sp³-hybridized carbons (Fsp3) is 0.562. The van der Waals surface area contributed by atoms with Crippen LogP contribution >= 0.6 is 15.9 Å². The maximum Gasteiger partial charge on any atom is 0.428 e. The average Bonchev–Trinajstić information content (AvgIpc) is 2.49. The second-order valence-corrected chi connectivity index (χ2v) is 6.65. The summed E-state index contributed by atoms with van der Waals surface area (Å²) < 4.78 is 30.7. The molecule has 25 heavy (non-hydrogen) atoms. The zero-order valence-electron chi connectivity index (χ0n) is 14.9. The number of amides is 1. The number of halogens is 2. The lowest BCUT2D eigenvalue weighted by atomic mass is 10.1. The van der Waals surface area contributed by atoms with Crippen molar-refractivity contribution in [2.45, 2.75) is 46.5 Å². The number of hydrazone groups is 1. The van der Waals surface area contributed by atoms with E-state index < -0.39 is 23.8 Å². The smallest absolute Gasteiger partial charge is 0.428 e. The van der Waals surface area contributed by atoms with Crippen LogP contribution in [0.2, 0.25) is 0 Å². The van der Waals surface area contributed by atoms with Gasteiger partial charge in [-0.2, -0.15) is 5.10 Å². The van der Waals surface area contributed by atoms with Gasteiger partial charge in [-0.05, 0) is 56.6 Å². The molecule has 0 spiro atoms. The van der Waals surface area contributed by atoms with Crippen molar-refractivity contribution in [1.29, 1.82) is 0 Å². The maximum absolute atomic E-state index is 14.2. The normalized spacial score (nSPS) is 12.4. The number of pyridine rings is 1. The van der Waals surface area contributed by atoms with Crippen LogP contribution in [0.3, 0.4) is 0 Å².